The van der Waals surface area contributed by atoms with Gasteiger partial charge in [-0.25, -0.2) is 0 Å². The highest BCUT2D eigenvalue weighted by atomic mass is 14.9. The molecule has 0 aromatic heterocycles. The molecular formula is C11H21N. The lowest BCUT2D eigenvalue weighted by Gasteiger charge is -2.29. The molecule has 0 bridgehead atoms. The standard InChI is InChI=1S/C11H21N/c1-8(2)10-7-11(10,12)6-9-4-3-5-9/h8-10H,3-7,12H2,1-2H3. The van der Waals surface area contributed by atoms with Gasteiger partial charge in [-0.15, -0.1) is 0 Å². The summed E-state index contributed by atoms with van der Waals surface area (Å²) in [5.41, 5.74) is 6.57. The van der Waals surface area contributed by atoms with Gasteiger partial charge in [0.15, 0.2) is 0 Å². The lowest BCUT2D eigenvalue weighted by atomic mass is 9.79. The van der Waals surface area contributed by atoms with Gasteiger partial charge >= 0.3 is 0 Å². The van der Waals surface area contributed by atoms with E-state index in [4.69, 9.17) is 5.73 Å². The Morgan fingerprint density at radius 3 is 2.42 bits per heavy atom. The monoisotopic (exact) mass is 167 g/mol. The van der Waals surface area contributed by atoms with E-state index in [1.165, 1.54) is 32.1 Å². The Kier molecular flexibility index (Phi) is 1.95. The summed E-state index contributed by atoms with van der Waals surface area (Å²) in [6.07, 6.45) is 6.96. The molecular weight excluding hydrogens is 146 g/mol. The summed E-state index contributed by atoms with van der Waals surface area (Å²) in [6, 6.07) is 0. The first-order valence-corrected chi connectivity index (χ1v) is 5.41. The van der Waals surface area contributed by atoms with Crippen molar-refractivity contribution in [3.05, 3.63) is 0 Å². The van der Waals surface area contributed by atoms with Crippen molar-refractivity contribution in [1.82, 2.24) is 0 Å². The Morgan fingerprint density at radius 2 is 2.08 bits per heavy atom. The molecule has 2 N–H and O–H groups in total. The van der Waals surface area contributed by atoms with Gasteiger partial charge in [-0.2, -0.15) is 0 Å². The molecule has 2 aliphatic carbocycles. The molecule has 2 aliphatic rings. The molecule has 0 saturated heterocycles. The van der Waals surface area contributed by atoms with Crippen LogP contribution in [0.1, 0.15) is 46.0 Å². The SMILES string of the molecule is CC(C)C1CC1(N)CC1CCC1. The van der Waals surface area contributed by atoms with E-state index in [0.29, 0.717) is 0 Å². The van der Waals surface area contributed by atoms with Crippen molar-refractivity contribution < 1.29 is 0 Å². The van der Waals surface area contributed by atoms with Gasteiger partial charge in [-0.3, -0.25) is 0 Å². The minimum absolute atomic E-state index is 0.263. The summed E-state index contributed by atoms with van der Waals surface area (Å²) in [6.45, 7) is 4.61. The largest absolute Gasteiger partial charge is 0.325 e. The van der Waals surface area contributed by atoms with Crippen LogP contribution in [-0.4, -0.2) is 5.54 Å². The van der Waals surface area contributed by atoms with E-state index in [1.54, 1.807) is 0 Å². The molecule has 0 heterocycles. The maximum Gasteiger partial charge on any atom is 0.0192 e. The first kappa shape index (κ1) is 8.55. The minimum Gasteiger partial charge on any atom is -0.325 e. The molecule has 2 unspecified atom stereocenters. The lowest BCUT2D eigenvalue weighted by molar-refractivity contribution is 0.257. The van der Waals surface area contributed by atoms with Gasteiger partial charge in [0.05, 0.1) is 0 Å². The summed E-state index contributed by atoms with van der Waals surface area (Å²) in [4.78, 5) is 0. The smallest absolute Gasteiger partial charge is 0.0192 e. The topological polar surface area (TPSA) is 26.0 Å². The van der Waals surface area contributed by atoms with Gasteiger partial charge in [-0.05, 0) is 30.6 Å². The highest BCUT2D eigenvalue weighted by Crippen LogP contribution is 2.52. The fourth-order valence-corrected chi connectivity index (χ4v) is 2.72. The van der Waals surface area contributed by atoms with E-state index >= 15 is 0 Å². The van der Waals surface area contributed by atoms with Crippen molar-refractivity contribution in [2.45, 2.75) is 51.5 Å². The molecule has 0 radical (unpaired) electrons. The number of hydrogen-bond acceptors (Lipinski definition) is 1. The molecule has 0 aliphatic heterocycles. The summed E-state index contributed by atoms with van der Waals surface area (Å²) in [7, 11) is 0. The third-order valence-corrected chi connectivity index (χ3v) is 3.88. The minimum atomic E-state index is 0.263. The van der Waals surface area contributed by atoms with Gasteiger partial charge in [0.2, 0.25) is 0 Å². The predicted molar refractivity (Wildman–Crippen MR) is 51.8 cm³/mol. The van der Waals surface area contributed by atoms with Gasteiger partial charge < -0.3 is 5.73 Å². The van der Waals surface area contributed by atoms with Crippen molar-refractivity contribution >= 4 is 0 Å². The molecule has 12 heavy (non-hydrogen) atoms. The molecule has 0 amide bonds. The lowest BCUT2D eigenvalue weighted by Crippen LogP contribution is -2.31. The predicted octanol–water partition coefficient (Wildman–Crippen LogP) is 2.55. The summed E-state index contributed by atoms with van der Waals surface area (Å²) in [5, 5.41) is 0. The number of hydrogen-bond donors (Lipinski definition) is 1. The maximum atomic E-state index is 6.30. The molecule has 2 saturated carbocycles. The molecule has 2 fully saturated rings. The molecule has 0 aromatic rings. The van der Waals surface area contributed by atoms with Crippen molar-refractivity contribution in [3.63, 3.8) is 0 Å². The van der Waals surface area contributed by atoms with Crippen LogP contribution in [0.4, 0.5) is 0 Å². The van der Waals surface area contributed by atoms with Crippen LogP contribution in [-0.2, 0) is 0 Å². The normalized spacial score (nSPS) is 41.5. The highest BCUT2D eigenvalue weighted by molar-refractivity contribution is 5.10. The molecule has 1 nitrogen and oxygen atoms in total. The van der Waals surface area contributed by atoms with Crippen LogP contribution >= 0.6 is 0 Å². The van der Waals surface area contributed by atoms with Crippen LogP contribution in [0.5, 0.6) is 0 Å². The maximum absolute atomic E-state index is 6.30. The van der Waals surface area contributed by atoms with E-state index in [1.807, 2.05) is 0 Å². The van der Waals surface area contributed by atoms with Crippen LogP contribution < -0.4 is 5.73 Å². The first-order chi connectivity index (χ1) is 5.62. The zero-order valence-corrected chi connectivity index (χ0v) is 8.34. The van der Waals surface area contributed by atoms with Crippen molar-refractivity contribution in [1.29, 1.82) is 0 Å². The zero-order chi connectivity index (χ0) is 8.77. The van der Waals surface area contributed by atoms with Gasteiger partial charge in [-0.1, -0.05) is 33.1 Å². The fraction of sp³-hybridized carbons (Fsp3) is 1.00. The van der Waals surface area contributed by atoms with E-state index < -0.39 is 0 Å². The summed E-state index contributed by atoms with van der Waals surface area (Å²) < 4.78 is 0. The average molecular weight is 167 g/mol. The van der Waals surface area contributed by atoms with Crippen LogP contribution in [0.3, 0.4) is 0 Å². The Bertz CT molecular complexity index is 172. The number of rotatable bonds is 3. The van der Waals surface area contributed by atoms with E-state index in [0.717, 1.165) is 17.8 Å². The van der Waals surface area contributed by atoms with Crippen molar-refractivity contribution in [2.24, 2.45) is 23.5 Å². The van der Waals surface area contributed by atoms with Crippen LogP contribution in [0, 0.1) is 17.8 Å². The molecule has 1 heteroatoms. The molecule has 70 valence electrons. The van der Waals surface area contributed by atoms with Gasteiger partial charge in [0.25, 0.3) is 0 Å². The van der Waals surface area contributed by atoms with E-state index in [9.17, 15) is 0 Å². The van der Waals surface area contributed by atoms with Crippen LogP contribution in [0.15, 0.2) is 0 Å². The van der Waals surface area contributed by atoms with Crippen molar-refractivity contribution in [2.75, 3.05) is 0 Å². The van der Waals surface area contributed by atoms with E-state index in [-0.39, 0.29) is 5.54 Å². The van der Waals surface area contributed by atoms with Gasteiger partial charge in [0, 0.05) is 5.54 Å². The first-order valence-electron chi connectivity index (χ1n) is 5.41. The molecule has 2 rings (SSSR count). The second-order valence-electron chi connectivity index (χ2n) is 5.29. The zero-order valence-electron chi connectivity index (χ0n) is 8.34. The third-order valence-electron chi connectivity index (χ3n) is 3.88. The quantitative estimate of drug-likeness (QED) is 0.687. The molecule has 0 aromatic carbocycles. The number of nitrogens with two attached hydrogens (primary N) is 1. The molecule has 2 atom stereocenters. The average Bonchev–Trinajstić information content (AvgIpc) is 2.55. The Morgan fingerprint density at radius 1 is 1.42 bits per heavy atom. The summed E-state index contributed by atoms with van der Waals surface area (Å²) in [5.74, 6) is 2.62. The second kappa shape index (κ2) is 2.73. The summed E-state index contributed by atoms with van der Waals surface area (Å²) >= 11 is 0. The second-order valence-corrected chi connectivity index (χ2v) is 5.29. The van der Waals surface area contributed by atoms with E-state index in [2.05, 4.69) is 13.8 Å². The Balaban J connectivity index is 1.80. The van der Waals surface area contributed by atoms with Crippen LogP contribution in [0.2, 0.25) is 0 Å². The fourth-order valence-electron chi connectivity index (χ4n) is 2.72. The Labute approximate surface area is 75.7 Å². The third kappa shape index (κ3) is 1.39. The van der Waals surface area contributed by atoms with Crippen LogP contribution in [0.25, 0.3) is 0 Å². The van der Waals surface area contributed by atoms with Gasteiger partial charge in [0.1, 0.15) is 0 Å². The highest BCUT2D eigenvalue weighted by Gasteiger charge is 2.53. The van der Waals surface area contributed by atoms with Crippen molar-refractivity contribution in [3.8, 4) is 0 Å². The Hall–Kier alpha value is -0.0400. The molecule has 0 spiro atoms.